The van der Waals surface area contributed by atoms with E-state index in [9.17, 15) is 9.59 Å². The summed E-state index contributed by atoms with van der Waals surface area (Å²) in [6.07, 6.45) is 4.52. The van der Waals surface area contributed by atoms with Gasteiger partial charge in [-0.1, -0.05) is 45.0 Å². The van der Waals surface area contributed by atoms with Gasteiger partial charge in [0.1, 0.15) is 10.7 Å². The third kappa shape index (κ3) is 2.73. The van der Waals surface area contributed by atoms with Crippen molar-refractivity contribution in [3.63, 3.8) is 0 Å². The number of allylic oxidation sites excluding steroid dienone is 2. The number of aromatic nitrogens is 2. The standard InChI is InChI=1S/C21H23N3O2/c1-21(2,3)18(22)15-10-17-20(26)23-16(19(25)24-17)8-11-6-4-5-7-12(11)13-9-14(13)15/h4-8,10,13-14H,9,22H2,1-3H3,(H,23,26)(H,24,25)/b16-8-,17-10-,18-15-. The highest BCUT2D eigenvalue weighted by Gasteiger charge is 2.43. The molecule has 3 aliphatic rings. The molecule has 5 heteroatoms. The van der Waals surface area contributed by atoms with Crippen LogP contribution in [0.1, 0.15) is 44.2 Å². The molecule has 2 aromatic rings. The lowest BCUT2D eigenvalue weighted by Crippen LogP contribution is -2.46. The van der Waals surface area contributed by atoms with E-state index >= 15 is 0 Å². The summed E-state index contributed by atoms with van der Waals surface area (Å²) in [4.78, 5) is 30.4. The summed E-state index contributed by atoms with van der Waals surface area (Å²) < 4.78 is 0. The maximum Gasteiger partial charge on any atom is 0.272 e. The molecule has 1 aromatic heterocycles. The topological polar surface area (TPSA) is 91.7 Å². The quantitative estimate of drug-likeness (QED) is 0.664. The van der Waals surface area contributed by atoms with Crippen molar-refractivity contribution in [1.82, 2.24) is 9.97 Å². The normalized spacial score (nSPS) is 25.7. The molecule has 1 aliphatic carbocycles. The fourth-order valence-corrected chi connectivity index (χ4v) is 3.69. The molecule has 0 amide bonds. The third-order valence-corrected chi connectivity index (χ3v) is 5.29. The van der Waals surface area contributed by atoms with E-state index in [-0.39, 0.29) is 33.1 Å². The Labute approximate surface area is 151 Å². The van der Waals surface area contributed by atoms with Gasteiger partial charge in [0.15, 0.2) is 0 Å². The molecule has 5 rings (SSSR count). The molecule has 0 saturated heterocycles. The van der Waals surface area contributed by atoms with Crippen molar-refractivity contribution in [2.45, 2.75) is 33.1 Å². The van der Waals surface area contributed by atoms with E-state index in [1.807, 2.05) is 18.2 Å². The van der Waals surface area contributed by atoms with E-state index in [4.69, 9.17) is 5.73 Å². The molecule has 2 unspecified atom stereocenters. The van der Waals surface area contributed by atoms with Crippen LogP contribution in [0.3, 0.4) is 0 Å². The SMILES string of the molecule is CC(C)(C)/C(N)=C1\C=c2/[nH]c(=O)/c([nH]c2=O)=C/c2ccccc2C2CC12. The average molecular weight is 349 g/mol. The highest BCUT2D eigenvalue weighted by molar-refractivity contribution is 5.60. The lowest BCUT2D eigenvalue weighted by Gasteiger charge is -2.22. The van der Waals surface area contributed by atoms with Gasteiger partial charge in [0.2, 0.25) is 0 Å². The van der Waals surface area contributed by atoms with E-state index in [1.54, 1.807) is 12.2 Å². The summed E-state index contributed by atoms with van der Waals surface area (Å²) in [6.45, 7) is 6.18. The van der Waals surface area contributed by atoms with Crippen LogP contribution in [-0.4, -0.2) is 9.97 Å². The molecule has 2 bridgehead atoms. The van der Waals surface area contributed by atoms with Crippen LogP contribution in [0.2, 0.25) is 0 Å². The predicted molar refractivity (Wildman–Crippen MR) is 103 cm³/mol. The van der Waals surface area contributed by atoms with Gasteiger partial charge in [0.05, 0.1) is 0 Å². The molecule has 134 valence electrons. The number of nitrogens with two attached hydrogens (primary N) is 1. The highest BCUT2D eigenvalue weighted by Crippen LogP contribution is 2.54. The molecule has 2 atom stereocenters. The zero-order valence-corrected chi connectivity index (χ0v) is 15.2. The van der Waals surface area contributed by atoms with Crippen LogP contribution in [0.25, 0.3) is 12.2 Å². The van der Waals surface area contributed by atoms with Gasteiger partial charge >= 0.3 is 0 Å². The van der Waals surface area contributed by atoms with Crippen molar-refractivity contribution in [2.75, 3.05) is 0 Å². The molecular formula is C21H23N3O2. The lowest BCUT2D eigenvalue weighted by molar-refractivity contribution is 0.490. The Morgan fingerprint density at radius 1 is 1.00 bits per heavy atom. The fourth-order valence-electron chi connectivity index (χ4n) is 3.69. The molecule has 3 heterocycles. The number of nitrogens with one attached hydrogen (secondary N) is 2. The van der Waals surface area contributed by atoms with Gasteiger partial charge in [0.25, 0.3) is 11.1 Å². The second-order valence-corrected chi connectivity index (χ2v) is 8.22. The van der Waals surface area contributed by atoms with Gasteiger partial charge < -0.3 is 15.7 Å². The van der Waals surface area contributed by atoms with Crippen molar-refractivity contribution in [3.05, 3.63) is 78.1 Å². The Kier molecular flexibility index (Phi) is 3.58. The van der Waals surface area contributed by atoms with E-state index in [2.05, 4.69) is 36.8 Å². The van der Waals surface area contributed by atoms with Crippen molar-refractivity contribution in [2.24, 2.45) is 17.1 Å². The monoisotopic (exact) mass is 349 g/mol. The highest BCUT2D eigenvalue weighted by atomic mass is 16.1. The molecule has 1 saturated carbocycles. The molecule has 2 aliphatic heterocycles. The minimum atomic E-state index is -0.313. The minimum Gasteiger partial charge on any atom is -0.401 e. The number of hydrogen-bond acceptors (Lipinski definition) is 3. The Hall–Kier alpha value is -2.82. The first kappa shape index (κ1) is 16.6. The van der Waals surface area contributed by atoms with Gasteiger partial charge in [-0.05, 0) is 47.1 Å². The van der Waals surface area contributed by atoms with Crippen LogP contribution in [-0.2, 0) is 0 Å². The number of rotatable bonds is 0. The molecule has 4 N–H and O–H groups in total. The van der Waals surface area contributed by atoms with Crippen LogP contribution < -0.4 is 27.6 Å². The Morgan fingerprint density at radius 2 is 1.62 bits per heavy atom. The van der Waals surface area contributed by atoms with Gasteiger partial charge in [-0.2, -0.15) is 0 Å². The summed E-state index contributed by atoms with van der Waals surface area (Å²) >= 11 is 0. The van der Waals surface area contributed by atoms with Crippen molar-refractivity contribution in [3.8, 4) is 0 Å². The summed E-state index contributed by atoms with van der Waals surface area (Å²) in [5, 5.41) is 0.527. The summed E-state index contributed by atoms with van der Waals surface area (Å²) in [6, 6.07) is 8.03. The summed E-state index contributed by atoms with van der Waals surface area (Å²) in [5.74, 6) is 0.599. The van der Waals surface area contributed by atoms with Crippen LogP contribution in [0.5, 0.6) is 0 Å². The van der Waals surface area contributed by atoms with E-state index in [0.717, 1.165) is 23.3 Å². The molecule has 0 radical (unpaired) electrons. The van der Waals surface area contributed by atoms with E-state index < -0.39 is 0 Å². The van der Waals surface area contributed by atoms with Crippen LogP contribution in [0.15, 0.2) is 45.1 Å². The van der Waals surface area contributed by atoms with Gasteiger partial charge in [-0.3, -0.25) is 9.59 Å². The van der Waals surface area contributed by atoms with Crippen LogP contribution in [0, 0.1) is 11.3 Å². The molecule has 1 fully saturated rings. The number of hydrogen-bond donors (Lipinski definition) is 3. The number of benzene rings is 1. The van der Waals surface area contributed by atoms with Gasteiger partial charge in [-0.25, -0.2) is 0 Å². The Balaban J connectivity index is 2.12. The zero-order valence-electron chi connectivity index (χ0n) is 15.2. The van der Waals surface area contributed by atoms with Gasteiger partial charge in [-0.15, -0.1) is 0 Å². The molecule has 1 aromatic carbocycles. The van der Waals surface area contributed by atoms with Crippen molar-refractivity contribution in [1.29, 1.82) is 0 Å². The average Bonchev–Trinajstić information content (AvgIpc) is 3.35. The van der Waals surface area contributed by atoms with E-state index in [1.165, 1.54) is 5.56 Å². The number of fused-ring (bicyclic) bond motifs is 3. The Morgan fingerprint density at radius 3 is 2.27 bits per heavy atom. The minimum absolute atomic E-state index is 0.224. The number of aromatic amines is 2. The molecular weight excluding hydrogens is 326 g/mol. The maximum atomic E-state index is 12.5. The first-order valence-electron chi connectivity index (χ1n) is 8.91. The summed E-state index contributed by atoms with van der Waals surface area (Å²) in [7, 11) is 0. The first-order chi connectivity index (χ1) is 12.3. The smallest absolute Gasteiger partial charge is 0.272 e. The van der Waals surface area contributed by atoms with Crippen LogP contribution >= 0.6 is 0 Å². The predicted octanol–water partition coefficient (Wildman–Crippen LogP) is 1.05. The van der Waals surface area contributed by atoms with E-state index in [0.29, 0.717) is 5.92 Å². The molecule has 26 heavy (non-hydrogen) atoms. The number of H-pyrrole nitrogens is 2. The third-order valence-electron chi connectivity index (χ3n) is 5.29. The van der Waals surface area contributed by atoms with Crippen molar-refractivity contribution < 1.29 is 0 Å². The second kappa shape index (κ2) is 5.59. The van der Waals surface area contributed by atoms with Crippen molar-refractivity contribution >= 4 is 12.2 Å². The first-order valence-corrected chi connectivity index (χ1v) is 8.91. The zero-order chi connectivity index (χ0) is 18.6. The molecule has 0 spiro atoms. The fraction of sp³-hybridized carbons (Fsp3) is 0.333. The maximum absolute atomic E-state index is 12.5. The molecule has 5 nitrogen and oxygen atoms in total. The largest absolute Gasteiger partial charge is 0.401 e. The second-order valence-electron chi connectivity index (χ2n) is 8.22. The van der Waals surface area contributed by atoms with Gasteiger partial charge in [0, 0.05) is 11.1 Å². The lowest BCUT2D eigenvalue weighted by atomic mass is 9.86. The summed E-state index contributed by atoms with van der Waals surface area (Å²) in [5.41, 5.74) is 9.52. The van der Waals surface area contributed by atoms with Crippen LogP contribution in [0.4, 0.5) is 0 Å². The Bertz CT molecular complexity index is 1160.